The number of nitrogens with zero attached hydrogens (tertiary/aromatic N) is 2. The van der Waals surface area contributed by atoms with Crippen LogP contribution in [0.4, 0.5) is 0 Å². The molecule has 6 aromatic carbocycles. The molecule has 2 aliphatic rings. The van der Waals surface area contributed by atoms with Crippen molar-refractivity contribution in [2.24, 2.45) is 9.98 Å². The Kier molecular flexibility index (Phi) is 10.7. The molecule has 6 aromatic rings. The van der Waals surface area contributed by atoms with Gasteiger partial charge in [0.15, 0.2) is 23.0 Å². The van der Waals surface area contributed by atoms with Gasteiger partial charge >= 0.3 is 0 Å². The van der Waals surface area contributed by atoms with E-state index in [1.54, 1.807) is 28.4 Å². The predicted octanol–water partition coefficient (Wildman–Crippen LogP) is 9.38. The lowest BCUT2D eigenvalue weighted by Crippen LogP contribution is -2.41. The molecule has 0 spiro atoms. The zero-order valence-corrected chi connectivity index (χ0v) is 32.6. The number of aliphatic imine (C=N–C) groups is 2. The standard InChI is InChI=1S/C49H46N2O6/c1-52-40-23-11-19-36(29-40)48(37-20-12-24-41(30-37)53-2)44(27-34-15-7-5-8-16-34)50-46(56-48)33-47-51-45(28-35-17-9-6-10-18-35)49(57-47,38-21-13-25-42(31-38)54-3)39-22-14-26-43(32-39)55-4/h5-26,29-32,44-45H,27-28,33H2,1-4H3/t44-,45-/m1/s1. The molecule has 0 saturated heterocycles. The van der Waals surface area contributed by atoms with Crippen molar-refractivity contribution in [2.45, 2.75) is 42.5 Å². The van der Waals surface area contributed by atoms with E-state index >= 15 is 0 Å². The molecule has 0 fully saturated rings. The molecule has 288 valence electrons. The summed E-state index contributed by atoms with van der Waals surface area (Å²) in [6.07, 6.45) is 1.45. The van der Waals surface area contributed by atoms with Gasteiger partial charge in [-0.05, 0) is 72.5 Å². The van der Waals surface area contributed by atoms with Gasteiger partial charge in [-0.25, -0.2) is 9.98 Å². The van der Waals surface area contributed by atoms with E-state index in [4.69, 9.17) is 38.4 Å². The predicted molar refractivity (Wildman–Crippen MR) is 223 cm³/mol. The van der Waals surface area contributed by atoms with Crippen molar-refractivity contribution in [3.05, 3.63) is 191 Å². The zero-order chi connectivity index (χ0) is 39.2. The van der Waals surface area contributed by atoms with Gasteiger partial charge in [-0.15, -0.1) is 0 Å². The summed E-state index contributed by atoms with van der Waals surface area (Å²) in [5, 5.41) is 0. The van der Waals surface area contributed by atoms with Crippen LogP contribution < -0.4 is 18.9 Å². The second-order valence-electron chi connectivity index (χ2n) is 14.2. The first-order valence-corrected chi connectivity index (χ1v) is 19.1. The van der Waals surface area contributed by atoms with Crippen LogP contribution in [-0.2, 0) is 33.5 Å². The SMILES string of the molecule is COc1cccc(C2(c3cccc(OC)c3)OC(CC3=N[C@H](Cc4ccccc4)C(c4cccc(OC)c4)(c4cccc(OC)c4)O3)=N[C@@H]2Cc2ccccc2)c1. The highest BCUT2D eigenvalue weighted by Crippen LogP contribution is 2.49. The largest absolute Gasteiger partial charge is 0.497 e. The summed E-state index contributed by atoms with van der Waals surface area (Å²) in [7, 11) is 6.70. The molecule has 0 aliphatic carbocycles. The van der Waals surface area contributed by atoms with Gasteiger partial charge in [0.2, 0.25) is 0 Å². The summed E-state index contributed by atoms with van der Waals surface area (Å²) < 4.78 is 37.6. The van der Waals surface area contributed by atoms with E-state index in [2.05, 4.69) is 72.8 Å². The lowest BCUT2D eigenvalue weighted by atomic mass is 9.78. The van der Waals surface area contributed by atoms with Crippen LogP contribution in [0.1, 0.15) is 39.8 Å². The van der Waals surface area contributed by atoms with Crippen molar-refractivity contribution in [3.63, 3.8) is 0 Å². The fraction of sp³-hybridized carbons (Fsp3) is 0.224. The van der Waals surface area contributed by atoms with E-state index in [-0.39, 0.29) is 18.5 Å². The molecule has 0 unspecified atom stereocenters. The average Bonchev–Trinajstić information content (AvgIpc) is 3.82. The van der Waals surface area contributed by atoms with Gasteiger partial charge in [-0.3, -0.25) is 0 Å². The van der Waals surface area contributed by atoms with Crippen molar-refractivity contribution in [3.8, 4) is 23.0 Å². The molecule has 0 aromatic heterocycles. The van der Waals surface area contributed by atoms with Crippen LogP contribution in [0.2, 0.25) is 0 Å². The van der Waals surface area contributed by atoms with Crippen molar-refractivity contribution in [2.75, 3.05) is 28.4 Å². The molecule has 0 radical (unpaired) electrons. The van der Waals surface area contributed by atoms with Crippen molar-refractivity contribution < 1.29 is 28.4 Å². The Balaban J connectivity index is 1.26. The molecule has 0 bridgehead atoms. The first-order valence-electron chi connectivity index (χ1n) is 19.1. The first kappa shape index (κ1) is 37.4. The second kappa shape index (κ2) is 16.3. The lowest BCUT2D eigenvalue weighted by molar-refractivity contribution is 0.0866. The molecule has 0 amide bonds. The van der Waals surface area contributed by atoms with E-state index in [9.17, 15) is 0 Å². The van der Waals surface area contributed by atoms with E-state index < -0.39 is 11.2 Å². The first-order chi connectivity index (χ1) is 28.0. The minimum Gasteiger partial charge on any atom is -0.497 e. The number of rotatable bonds is 14. The highest BCUT2D eigenvalue weighted by molar-refractivity contribution is 5.99. The Hall–Kier alpha value is -6.54. The molecule has 0 N–H and O–H groups in total. The number of methoxy groups -OCH3 is 4. The third kappa shape index (κ3) is 7.31. The van der Waals surface area contributed by atoms with Gasteiger partial charge in [0.1, 0.15) is 35.1 Å². The molecule has 57 heavy (non-hydrogen) atoms. The zero-order valence-electron chi connectivity index (χ0n) is 32.6. The highest BCUT2D eigenvalue weighted by atomic mass is 16.5. The number of ether oxygens (including phenoxy) is 6. The van der Waals surface area contributed by atoms with E-state index in [0.29, 0.717) is 24.6 Å². The quantitative estimate of drug-likeness (QED) is 0.110. The smallest absolute Gasteiger partial charge is 0.194 e. The maximum atomic E-state index is 7.31. The molecule has 2 aliphatic heterocycles. The lowest BCUT2D eigenvalue weighted by Gasteiger charge is -2.36. The van der Waals surface area contributed by atoms with Crippen LogP contribution in [0.25, 0.3) is 0 Å². The van der Waals surface area contributed by atoms with Crippen LogP contribution in [0.3, 0.4) is 0 Å². The molecule has 2 heterocycles. The van der Waals surface area contributed by atoms with Crippen LogP contribution in [0.5, 0.6) is 23.0 Å². The van der Waals surface area contributed by atoms with Gasteiger partial charge in [0, 0.05) is 22.3 Å². The van der Waals surface area contributed by atoms with E-state index in [1.807, 2.05) is 84.9 Å². The topological polar surface area (TPSA) is 80.1 Å². The van der Waals surface area contributed by atoms with Crippen LogP contribution in [-0.4, -0.2) is 52.3 Å². The Morgan fingerprint density at radius 1 is 0.421 bits per heavy atom. The maximum Gasteiger partial charge on any atom is 0.194 e. The van der Waals surface area contributed by atoms with Crippen molar-refractivity contribution in [1.29, 1.82) is 0 Å². The molecule has 8 rings (SSSR count). The highest BCUT2D eigenvalue weighted by Gasteiger charge is 2.53. The second-order valence-corrected chi connectivity index (χ2v) is 14.2. The summed E-state index contributed by atoms with van der Waals surface area (Å²) in [6, 6.07) is 52.2. The van der Waals surface area contributed by atoms with Crippen LogP contribution in [0, 0.1) is 0 Å². The monoisotopic (exact) mass is 758 g/mol. The molecule has 8 heteroatoms. The molecule has 2 atom stereocenters. The Labute approximate surface area is 334 Å². The van der Waals surface area contributed by atoms with Gasteiger partial charge in [-0.2, -0.15) is 0 Å². The third-order valence-electron chi connectivity index (χ3n) is 10.9. The van der Waals surface area contributed by atoms with Gasteiger partial charge in [0.25, 0.3) is 0 Å². The number of hydrogen-bond donors (Lipinski definition) is 0. The number of benzene rings is 6. The van der Waals surface area contributed by atoms with Crippen LogP contribution >= 0.6 is 0 Å². The van der Waals surface area contributed by atoms with E-state index in [1.165, 1.54) is 0 Å². The van der Waals surface area contributed by atoms with E-state index in [0.717, 1.165) is 56.4 Å². The molecule has 0 saturated carbocycles. The summed E-state index contributed by atoms with van der Waals surface area (Å²) in [5.74, 6) is 3.92. The normalized spacial score (nSPS) is 17.8. The Morgan fingerprint density at radius 3 is 1.04 bits per heavy atom. The summed E-state index contributed by atoms with van der Waals surface area (Å²) in [6.45, 7) is 0. The minimum atomic E-state index is -1.03. The Morgan fingerprint density at radius 2 is 0.737 bits per heavy atom. The minimum absolute atomic E-state index is 0.224. The third-order valence-corrected chi connectivity index (χ3v) is 10.9. The van der Waals surface area contributed by atoms with Crippen molar-refractivity contribution >= 4 is 11.8 Å². The molecule has 8 nitrogen and oxygen atoms in total. The summed E-state index contributed by atoms with van der Waals surface area (Å²) >= 11 is 0. The maximum absolute atomic E-state index is 7.31. The fourth-order valence-electron chi connectivity index (χ4n) is 8.19. The Bertz CT molecular complexity index is 2120. The van der Waals surface area contributed by atoms with Crippen LogP contribution in [0.15, 0.2) is 168 Å². The van der Waals surface area contributed by atoms with Gasteiger partial charge in [-0.1, -0.05) is 109 Å². The van der Waals surface area contributed by atoms with Gasteiger partial charge in [0.05, 0.1) is 34.9 Å². The fourth-order valence-corrected chi connectivity index (χ4v) is 8.19. The summed E-state index contributed by atoms with van der Waals surface area (Å²) in [5.41, 5.74) is 3.85. The number of hydrogen-bond acceptors (Lipinski definition) is 8. The molecular formula is C49H46N2O6. The van der Waals surface area contributed by atoms with Gasteiger partial charge < -0.3 is 28.4 Å². The van der Waals surface area contributed by atoms with Crippen molar-refractivity contribution in [1.82, 2.24) is 0 Å². The molecular weight excluding hydrogens is 713 g/mol. The average molecular weight is 759 g/mol. The summed E-state index contributed by atoms with van der Waals surface area (Å²) in [4.78, 5) is 10.9.